The molecule has 1 aliphatic rings. The Labute approximate surface area is 173 Å². The number of nitrogens with zero attached hydrogens (tertiary/aromatic N) is 1. The van der Waals surface area contributed by atoms with E-state index in [2.05, 4.69) is 10.3 Å². The number of hydrogen-bond donors (Lipinski definition) is 2. The average molecular weight is 393 g/mol. The van der Waals surface area contributed by atoms with Crippen LogP contribution in [0.3, 0.4) is 0 Å². The summed E-state index contributed by atoms with van der Waals surface area (Å²) in [6.07, 6.45) is 0. The van der Waals surface area contributed by atoms with E-state index < -0.39 is 17.9 Å². The third-order valence-electron chi connectivity index (χ3n) is 5.64. The van der Waals surface area contributed by atoms with Gasteiger partial charge in [-0.25, -0.2) is 4.98 Å². The average Bonchev–Trinajstić information content (AvgIpc) is 3.11. The molecule has 0 fully saturated rings. The molecule has 5 nitrogen and oxygen atoms in total. The van der Waals surface area contributed by atoms with Gasteiger partial charge in [-0.15, -0.1) is 0 Å². The Morgan fingerprint density at radius 2 is 1.40 bits per heavy atom. The number of nitrogens with two attached hydrogens (primary N) is 1. The molecule has 0 aliphatic heterocycles. The lowest BCUT2D eigenvalue weighted by Gasteiger charge is -2.24. The lowest BCUT2D eigenvalue weighted by atomic mass is 9.88. The van der Waals surface area contributed by atoms with Crippen molar-refractivity contribution in [3.05, 3.63) is 102 Å². The summed E-state index contributed by atoms with van der Waals surface area (Å²) in [7, 11) is 0. The largest absolute Gasteiger partial charge is 0.368 e. The monoisotopic (exact) mass is 393 g/mol. The second-order valence-corrected chi connectivity index (χ2v) is 7.39. The molecule has 5 rings (SSSR count). The van der Waals surface area contributed by atoms with Gasteiger partial charge in [-0.1, -0.05) is 72.8 Å². The molecule has 0 saturated carbocycles. The van der Waals surface area contributed by atoms with Crippen LogP contribution in [0.4, 0.5) is 0 Å². The van der Waals surface area contributed by atoms with Gasteiger partial charge in [0.25, 0.3) is 5.91 Å². The number of hydrogen-bond acceptors (Lipinski definition) is 3. The minimum absolute atomic E-state index is 0.250. The number of pyridine rings is 1. The van der Waals surface area contributed by atoms with Gasteiger partial charge in [-0.05, 0) is 34.4 Å². The minimum Gasteiger partial charge on any atom is -0.368 e. The summed E-state index contributed by atoms with van der Waals surface area (Å²) < 4.78 is 0. The second kappa shape index (κ2) is 7.12. The summed E-state index contributed by atoms with van der Waals surface area (Å²) in [4.78, 5) is 29.9. The van der Waals surface area contributed by atoms with Crippen LogP contribution in [0.5, 0.6) is 0 Å². The second-order valence-electron chi connectivity index (χ2n) is 7.39. The van der Waals surface area contributed by atoms with Crippen molar-refractivity contribution in [3.8, 4) is 11.1 Å². The zero-order valence-electron chi connectivity index (χ0n) is 16.1. The van der Waals surface area contributed by atoms with Crippen molar-refractivity contribution >= 4 is 22.7 Å². The van der Waals surface area contributed by atoms with E-state index in [9.17, 15) is 9.59 Å². The Hall–Kier alpha value is -3.99. The molecule has 3 aromatic carbocycles. The van der Waals surface area contributed by atoms with Crippen LogP contribution in [-0.4, -0.2) is 22.8 Å². The van der Waals surface area contributed by atoms with Crippen LogP contribution in [0.2, 0.25) is 0 Å². The highest BCUT2D eigenvalue weighted by Crippen LogP contribution is 2.46. The molecule has 0 spiro atoms. The number of aromatic nitrogens is 1. The highest BCUT2D eigenvalue weighted by atomic mass is 16.2. The molecule has 1 aliphatic carbocycles. The summed E-state index contributed by atoms with van der Waals surface area (Å²) in [6.45, 7) is 0. The summed E-state index contributed by atoms with van der Waals surface area (Å²) in [6, 6.07) is 26.0. The van der Waals surface area contributed by atoms with Crippen LogP contribution in [0.25, 0.3) is 22.0 Å². The van der Waals surface area contributed by atoms with Crippen molar-refractivity contribution in [2.24, 2.45) is 5.73 Å². The van der Waals surface area contributed by atoms with Crippen molar-refractivity contribution in [1.82, 2.24) is 10.3 Å². The van der Waals surface area contributed by atoms with Crippen LogP contribution in [0.1, 0.15) is 27.5 Å². The summed E-state index contributed by atoms with van der Waals surface area (Å²) in [5, 5.41) is 3.79. The van der Waals surface area contributed by atoms with Gasteiger partial charge >= 0.3 is 0 Å². The fourth-order valence-electron chi connectivity index (χ4n) is 4.28. The number of para-hydroxylation sites is 1. The lowest BCUT2D eigenvalue weighted by Crippen LogP contribution is -2.48. The first kappa shape index (κ1) is 18.1. The molecule has 3 N–H and O–H groups in total. The Kier molecular flexibility index (Phi) is 4.29. The predicted octanol–water partition coefficient (Wildman–Crippen LogP) is 3.63. The number of primary amides is 1. The molecule has 0 saturated heterocycles. The zero-order valence-corrected chi connectivity index (χ0v) is 16.1. The molecule has 2 amide bonds. The molecular formula is C25H19N3O2. The summed E-state index contributed by atoms with van der Waals surface area (Å²) >= 11 is 0. The molecule has 146 valence electrons. The highest BCUT2D eigenvalue weighted by Gasteiger charge is 2.38. The van der Waals surface area contributed by atoms with Crippen molar-refractivity contribution in [3.63, 3.8) is 0 Å². The molecule has 0 unspecified atom stereocenters. The predicted molar refractivity (Wildman–Crippen MR) is 116 cm³/mol. The first-order valence-corrected chi connectivity index (χ1v) is 9.77. The number of nitrogens with one attached hydrogen (secondary N) is 1. The van der Waals surface area contributed by atoms with Gasteiger partial charge in [0.1, 0.15) is 11.7 Å². The van der Waals surface area contributed by atoms with Gasteiger partial charge in [0.2, 0.25) is 5.91 Å². The fraction of sp³-hybridized carbons (Fsp3) is 0.0800. The number of benzene rings is 3. The normalized spacial score (nSPS) is 13.5. The first-order chi connectivity index (χ1) is 14.6. The minimum atomic E-state index is -0.893. The molecule has 4 aromatic rings. The lowest BCUT2D eigenvalue weighted by molar-refractivity contribution is -0.120. The Bertz CT molecular complexity index is 1250. The third kappa shape index (κ3) is 2.92. The van der Waals surface area contributed by atoms with Crippen molar-refractivity contribution < 1.29 is 9.59 Å². The molecule has 5 heteroatoms. The van der Waals surface area contributed by atoms with Crippen molar-refractivity contribution in [2.75, 3.05) is 0 Å². The first-order valence-electron chi connectivity index (χ1n) is 9.77. The van der Waals surface area contributed by atoms with E-state index in [0.29, 0.717) is 0 Å². The van der Waals surface area contributed by atoms with Crippen molar-refractivity contribution in [2.45, 2.75) is 12.0 Å². The van der Waals surface area contributed by atoms with E-state index in [1.807, 2.05) is 78.9 Å². The standard InChI is InChI=1S/C25H19N3O2/c26-24(29)23(28-25(30)21-14-13-15-7-1-6-12-20(15)27-21)22-18-10-4-2-8-16(18)17-9-3-5-11-19(17)22/h1-14,22-23H,(H2,26,29)(H,28,30)/t23-/m1/s1. The topological polar surface area (TPSA) is 85.1 Å². The van der Waals surface area contributed by atoms with Gasteiger partial charge in [0.05, 0.1) is 5.52 Å². The maximum atomic E-state index is 13.0. The van der Waals surface area contributed by atoms with Crippen LogP contribution in [0, 0.1) is 0 Å². The van der Waals surface area contributed by atoms with E-state index in [1.54, 1.807) is 6.07 Å². The summed E-state index contributed by atoms with van der Waals surface area (Å²) in [5.41, 5.74) is 10.8. The molecular weight excluding hydrogens is 374 g/mol. The number of carbonyl (C=O) groups is 2. The Balaban J connectivity index is 1.53. The van der Waals surface area contributed by atoms with E-state index in [-0.39, 0.29) is 11.6 Å². The van der Waals surface area contributed by atoms with E-state index in [0.717, 1.165) is 33.2 Å². The van der Waals surface area contributed by atoms with Crippen molar-refractivity contribution in [1.29, 1.82) is 0 Å². The van der Waals surface area contributed by atoms with Crippen LogP contribution >= 0.6 is 0 Å². The van der Waals surface area contributed by atoms with Crippen LogP contribution < -0.4 is 11.1 Å². The van der Waals surface area contributed by atoms with Gasteiger partial charge in [-0.3, -0.25) is 9.59 Å². The van der Waals surface area contributed by atoms with E-state index in [4.69, 9.17) is 5.73 Å². The molecule has 1 aromatic heterocycles. The van der Waals surface area contributed by atoms with Gasteiger partial charge < -0.3 is 11.1 Å². The Morgan fingerprint density at radius 1 is 0.800 bits per heavy atom. The number of rotatable bonds is 4. The SMILES string of the molecule is NC(=O)[C@H](NC(=O)c1ccc2ccccc2n1)C1c2ccccc2-c2ccccc21. The van der Waals surface area contributed by atoms with E-state index >= 15 is 0 Å². The smallest absolute Gasteiger partial charge is 0.270 e. The number of fused-ring (bicyclic) bond motifs is 4. The maximum absolute atomic E-state index is 13.0. The van der Waals surface area contributed by atoms with Gasteiger partial charge in [0.15, 0.2) is 0 Å². The number of carbonyl (C=O) groups excluding carboxylic acids is 2. The molecule has 0 bridgehead atoms. The fourth-order valence-corrected chi connectivity index (χ4v) is 4.28. The quantitative estimate of drug-likeness (QED) is 0.555. The Morgan fingerprint density at radius 3 is 2.07 bits per heavy atom. The van der Waals surface area contributed by atoms with Gasteiger partial charge in [-0.2, -0.15) is 0 Å². The third-order valence-corrected chi connectivity index (χ3v) is 5.64. The zero-order chi connectivity index (χ0) is 20.7. The van der Waals surface area contributed by atoms with Gasteiger partial charge in [0, 0.05) is 11.3 Å². The van der Waals surface area contributed by atoms with Crippen LogP contribution in [-0.2, 0) is 4.79 Å². The molecule has 0 radical (unpaired) electrons. The number of amides is 2. The summed E-state index contributed by atoms with van der Waals surface area (Å²) in [5.74, 6) is -1.36. The molecule has 1 atom stereocenters. The molecule has 1 heterocycles. The maximum Gasteiger partial charge on any atom is 0.270 e. The highest BCUT2D eigenvalue weighted by molar-refractivity contribution is 5.98. The molecule has 30 heavy (non-hydrogen) atoms. The van der Waals surface area contributed by atoms with E-state index in [1.165, 1.54) is 0 Å². The van der Waals surface area contributed by atoms with Crippen LogP contribution in [0.15, 0.2) is 84.9 Å².